The normalized spacial score (nSPS) is 11.9. The highest BCUT2D eigenvalue weighted by Crippen LogP contribution is 2.28. The van der Waals surface area contributed by atoms with E-state index in [0.29, 0.717) is 20.3 Å². The number of methoxy groups -OCH3 is 1. The Kier molecular flexibility index (Phi) is 5.82. The molecule has 0 atom stereocenters. The van der Waals surface area contributed by atoms with Crippen LogP contribution >= 0.6 is 22.9 Å². The Morgan fingerprint density at radius 1 is 0.973 bits per heavy atom. The second-order valence-corrected chi connectivity index (χ2v) is 9.87. The molecular formula is C28H20ClN5O2S. The standard InChI is InChI=1S/C28H20ClN5O2S/c1-17-14-19(10-13-23(17)29)25-20(16-33(31-25)21-6-4-3-5-7-21)15-24-27(35)34-28(37-24)30-26(32-34)18-8-11-22(36-2)12-9-18/h3-16H,1-2H3. The van der Waals surface area contributed by atoms with Crippen molar-refractivity contribution in [1.82, 2.24) is 24.4 Å². The van der Waals surface area contributed by atoms with Crippen LogP contribution in [0.5, 0.6) is 5.75 Å². The molecular weight excluding hydrogens is 506 g/mol. The van der Waals surface area contributed by atoms with E-state index in [4.69, 9.17) is 21.4 Å². The van der Waals surface area contributed by atoms with Crippen molar-refractivity contribution in [1.29, 1.82) is 0 Å². The van der Waals surface area contributed by atoms with Crippen LogP contribution in [0.1, 0.15) is 11.1 Å². The lowest BCUT2D eigenvalue weighted by molar-refractivity contribution is 0.415. The SMILES string of the molecule is COc1ccc(-c2nc3sc(=Cc4cn(-c5ccccc5)nc4-c4ccc(Cl)c(C)c4)c(=O)n3n2)cc1. The van der Waals surface area contributed by atoms with Gasteiger partial charge in [0.15, 0.2) is 5.82 Å². The van der Waals surface area contributed by atoms with E-state index in [9.17, 15) is 4.79 Å². The first-order valence-corrected chi connectivity index (χ1v) is 12.7. The largest absolute Gasteiger partial charge is 0.497 e. The minimum absolute atomic E-state index is 0.224. The van der Waals surface area contributed by atoms with E-state index >= 15 is 0 Å². The van der Waals surface area contributed by atoms with Crippen molar-refractivity contribution in [2.75, 3.05) is 7.11 Å². The lowest BCUT2D eigenvalue weighted by Gasteiger charge is -2.03. The summed E-state index contributed by atoms with van der Waals surface area (Å²) in [6.45, 7) is 1.96. The number of aromatic nitrogens is 5. The van der Waals surface area contributed by atoms with Gasteiger partial charge in [0.1, 0.15) is 11.4 Å². The molecule has 0 aliphatic rings. The molecule has 0 saturated heterocycles. The number of hydrogen-bond acceptors (Lipinski definition) is 6. The van der Waals surface area contributed by atoms with E-state index in [-0.39, 0.29) is 5.56 Å². The second-order valence-electron chi connectivity index (χ2n) is 8.45. The van der Waals surface area contributed by atoms with Gasteiger partial charge in [-0.1, -0.05) is 47.2 Å². The number of rotatable bonds is 5. The number of nitrogens with zero attached hydrogens (tertiary/aromatic N) is 5. The van der Waals surface area contributed by atoms with Crippen LogP contribution in [-0.4, -0.2) is 31.5 Å². The molecule has 7 nitrogen and oxygen atoms in total. The number of hydrogen-bond donors (Lipinski definition) is 0. The lowest BCUT2D eigenvalue weighted by atomic mass is 10.1. The molecule has 182 valence electrons. The van der Waals surface area contributed by atoms with Gasteiger partial charge in [-0.15, -0.1) is 5.10 Å². The molecule has 0 unspecified atom stereocenters. The summed E-state index contributed by atoms with van der Waals surface area (Å²) < 4.78 is 8.90. The average Bonchev–Trinajstić information content (AvgIpc) is 3.61. The van der Waals surface area contributed by atoms with Gasteiger partial charge in [-0.3, -0.25) is 4.79 Å². The van der Waals surface area contributed by atoms with Gasteiger partial charge in [0.05, 0.1) is 17.3 Å². The molecule has 6 rings (SSSR count). The molecule has 0 aliphatic heterocycles. The van der Waals surface area contributed by atoms with Gasteiger partial charge >= 0.3 is 0 Å². The molecule has 0 fully saturated rings. The zero-order chi connectivity index (χ0) is 25.5. The van der Waals surface area contributed by atoms with Crippen molar-refractivity contribution in [2.24, 2.45) is 0 Å². The fraction of sp³-hybridized carbons (Fsp3) is 0.0714. The van der Waals surface area contributed by atoms with Crippen LogP contribution in [0.15, 0.2) is 83.8 Å². The van der Waals surface area contributed by atoms with Crippen LogP contribution in [0.25, 0.3) is 39.4 Å². The summed E-state index contributed by atoms with van der Waals surface area (Å²) in [5.74, 6) is 1.24. The van der Waals surface area contributed by atoms with Gasteiger partial charge in [-0.2, -0.15) is 14.6 Å². The maximum atomic E-state index is 13.3. The smallest absolute Gasteiger partial charge is 0.291 e. The third kappa shape index (κ3) is 4.30. The predicted octanol–water partition coefficient (Wildman–Crippen LogP) is 5.19. The molecule has 37 heavy (non-hydrogen) atoms. The third-order valence-electron chi connectivity index (χ3n) is 6.01. The number of fused-ring (bicyclic) bond motifs is 1. The fourth-order valence-electron chi connectivity index (χ4n) is 4.06. The van der Waals surface area contributed by atoms with Crippen LogP contribution < -0.4 is 14.8 Å². The summed E-state index contributed by atoms with van der Waals surface area (Å²) in [4.78, 5) is 18.4. The number of benzene rings is 3. The van der Waals surface area contributed by atoms with Crippen molar-refractivity contribution < 1.29 is 4.74 Å². The van der Waals surface area contributed by atoms with Gasteiger partial charge < -0.3 is 4.74 Å². The molecule has 0 radical (unpaired) electrons. The Morgan fingerprint density at radius 2 is 1.73 bits per heavy atom. The van der Waals surface area contributed by atoms with Crippen LogP contribution in [0.3, 0.4) is 0 Å². The van der Waals surface area contributed by atoms with E-state index in [2.05, 4.69) is 10.1 Å². The van der Waals surface area contributed by atoms with Crippen LogP contribution in [0, 0.1) is 6.92 Å². The van der Waals surface area contributed by atoms with Crippen LogP contribution in [-0.2, 0) is 0 Å². The summed E-state index contributed by atoms with van der Waals surface area (Å²) in [6.07, 6.45) is 3.77. The molecule has 0 spiro atoms. The molecule has 0 aliphatic carbocycles. The Balaban J connectivity index is 1.47. The van der Waals surface area contributed by atoms with Gasteiger partial charge in [0.2, 0.25) is 4.96 Å². The summed E-state index contributed by atoms with van der Waals surface area (Å²) in [7, 11) is 1.62. The summed E-state index contributed by atoms with van der Waals surface area (Å²) in [5, 5.41) is 10.0. The molecule has 3 aromatic carbocycles. The van der Waals surface area contributed by atoms with Crippen molar-refractivity contribution in [3.05, 3.63) is 110 Å². The number of halogens is 1. The minimum atomic E-state index is -0.224. The van der Waals surface area contributed by atoms with Crippen molar-refractivity contribution in [2.45, 2.75) is 6.92 Å². The monoisotopic (exact) mass is 525 g/mol. The number of aryl methyl sites for hydroxylation is 1. The fourth-order valence-corrected chi connectivity index (χ4v) is 5.08. The van der Waals surface area contributed by atoms with Crippen molar-refractivity contribution in [3.63, 3.8) is 0 Å². The molecule has 0 saturated carbocycles. The topological polar surface area (TPSA) is 74.3 Å². The minimum Gasteiger partial charge on any atom is -0.497 e. The highest BCUT2D eigenvalue weighted by atomic mass is 35.5. The zero-order valence-electron chi connectivity index (χ0n) is 19.9. The number of para-hydroxylation sites is 1. The molecule has 9 heteroatoms. The molecule has 3 heterocycles. The summed E-state index contributed by atoms with van der Waals surface area (Å²) >= 11 is 7.56. The molecule has 0 bridgehead atoms. The van der Waals surface area contributed by atoms with Gasteiger partial charge in [0, 0.05) is 27.9 Å². The van der Waals surface area contributed by atoms with E-state index in [1.807, 2.05) is 96.7 Å². The average molecular weight is 526 g/mol. The Labute approximate surface area is 220 Å². The first-order valence-electron chi connectivity index (χ1n) is 11.5. The molecule has 3 aromatic heterocycles. The van der Waals surface area contributed by atoms with Crippen molar-refractivity contribution >= 4 is 34.0 Å². The Hall–Kier alpha value is -4.27. The molecule has 0 amide bonds. The highest BCUT2D eigenvalue weighted by molar-refractivity contribution is 7.15. The molecule has 6 aromatic rings. The van der Waals surface area contributed by atoms with Crippen LogP contribution in [0.4, 0.5) is 0 Å². The second kappa shape index (κ2) is 9.31. The van der Waals surface area contributed by atoms with E-state index in [0.717, 1.165) is 39.4 Å². The Morgan fingerprint density at radius 3 is 2.43 bits per heavy atom. The lowest BCUT2D eigenvalue weighted by Crippen LogP contribution is -2.23. The summed E-state index contributed by atoms with van der Waals surface area (Å²) in [6, 6.07) is 23.1. The Bertz CT molecular complexity index is 1860. The first kappa shape index (κ1) is 23.1. The third-order valence-corrected chi connectivity index (χ3v) is 7.39. The first-order chi connectivity index (χ1) is 18.0. The quantitative estimate of drug-likeness (QED) is 0.310. The van der Waals surface area contributed by atoms with Gasteiger partial charge in [-0.25, -0.2) is 4.68 Å². The maximum absolute atomic E-state index is 13.3. The highest BCUT2D eigenvalue weighted by Gasteiger charge is 2.15. The van der Waals surface area contributed by atoms with E-state index in [1.165, 1.54) is 15.9 Å². The summed E-state index contributed by atoms with van der Waals surface area (Å²) in [5.41, 5.74) is 4.93. The van der Waals surface area contributed by atoms with E-state index < -0.39 is 0 Å². The van der Waals surface area contributed by atoms with Gasteiger partial charge in [0.25, 0.3) is 5.56 Å². The zero-order valence-corrected chi connectivity index (χ0v) is 21.5. The maximum Gasteiger partial charge on any atom is 0.291 e. The van der Waals surface area contributed by atoms with Gasteiger partial charge in [-0.05, 0) is 67.1 Å². The van der Waals surface area contributed by atoms with E-state index in [1.54, 1.807) is 7.11 Å². The van der Waals surface area contributed by atoms with Crippen LogP contribution in [0.2, 0.25) is 5.02 Å². The number of thiazole rings is 1. The predicted molar refractivity (Wildman–Crippen MR) is 147 cm³/mol. The number of ether oxygens (including phenoxy) is 1. The molecule has 0 N–H and O–H groups in total. The van der Waals surface area contributed by atoms with Crippen molar-refractivity contribution in [3.8, 4) is 34.1 Å².